The molecule has 0 atom stereocenters. The SMILES string of the molecule is COc1cc(CNc2cccc(I)c2)cc2c1OCCO2. The van der Waals surface area contributed by atoms with Crippen LogP contribution in [0.25, 0.3) is 0 Å². The highest BCUT2D eigenvalue weighted by molar-refractivity contribution is 14.1. The lowest BCUT2D eigenvalue weighted by Crippen LogP contribution is -2.16. The summed E-state index contributed by atoms with van der Waals surface area (Å²) in [5, 5.41) is 3.40. The van der Waals surface area contributed by atoms with Crippen molar-refractivity contribution in [3.63, 3.8) is 0 Å². The number of fused-ring (bicyclic) bond motifs is 1. The maximum absolute atomic E-state index is 5.64. The molecule has 4 nitrogen and oxygen atoms in total. The molecule has 2 aromatic carbocycles. The van der Waals surface area contributed by atoms with Gasteiger partial charge in [-0.05, 0) is 58.5 Å². The van der Waals surface area contributed by atoms with Gasteiger partial charge in [0.05, 0.1) is 7.11 Å². The van der Waals surface area contributed by atoms with Crippen molar-refractivity contribution in [3.05, 3.63) is 45.5 Å². The van der Waals surface area contributed by atoms with E-state index in [1.165, 1.54) is 3.57 Å². The third kappa shape index (κ3) is 3.34. The third-order valence-corrected chi connectivity index (χ3v) is 3.88. The molecule has 0 unspecified atom stereocenters. The smallest absolute Gasteiger partial charge is 0.203 e. The van der Waals surface area contributed by atoms with Crippen LogP contribution in [0.3, 0.4) is 0 Å². The summed E-state index contributed by atoms with van der Waals surface area (Å²) in [5.74, 6) is 2.16. The highest BCUT2D eigenvalue weighted by Crippen LogP contribution is 2.40. The zero-order chi connectivity index (χ0) is 14.7. The monoisotopic (exact) mass is 397 g/mol. The van der Waals surface area contributed by atoms with Crippen LogP contribution in [0, 0.1) is 3.57 Å². The van der Waals surface area contributed by atoms with E-state index in [-0.39, 0.29) is 0 Å². The van der Waals surface area contributed by atoms with Crippen molar-refractivity contribution >= 4 is 28.3 Å². The zero-order valence-corrected chi connectivity index (χ0v) is 13.8. The van der Waals surface area contributed by atoms with E-state index < -0.39 is 0 Å². The first-order chi connectivity index (χ1) is 10.3. The van der Waals surface area contributed by atoms with Gasteiger partial charge in [-0.1, -0.05) is 6.07 Å². The Hall–Kier alpha value is -1.63. The van der Waals surface area contributed by atoms with Crippen LogP contribution in [0.15, 0.2) is 36.4 Å². The minimum absolute atomic E-state index is 0.559. The molecule has 0 fully saturated rings. The van der Waals surface area contributed by atoms with Gasteiger partial charge in [0.1, 0.15) is 13.2 Å². The van der Waals surface area contributed by atoms with Crippen LogP contribution in [0.1, 0.15) is 5.56 Å². The summed E-state index contributed by atoms with van der Waals surface area (Å²) in [7, 11) is 1.64. The summed E-state index contributed by atoms with van der Waals surface area (Å²) in [6.45, 7) is 1.83. The molecular formula is C16H16INO3. The average Bonchev–Trinajstić information content (AvgIpc) is 2.52. The van der Waals surface area contributed by atoms with E-state index in [0.29, 0.717) is 31.3 Å². The number of benzene rings is 2. The minimum Gasteiger partial charge on any atom is -0.493 e. The number of nitrogens with one attached hydrogen (secondary N) is 1. The topological polar surface area (TPSA) is 39.7 Å². The Balaban J connectivity index is 1.79. The molecule has 0 saturated heterocycles. The minimum atomic E-state index is 0.559. The fraction of sp³-hybridized carbons (Fsp3) is 0.250. The van der Waals surface area contributed by atoms with Gasteiger partial charge in [0.2, 0.25) is 5.75 Å². The number of anilines is 1. The van der Waals surface area contributed by atoms with Gasteiger partial charge in [0, 0.05) is 15.8 Å². The van der Waals surface area contributed by atoms with E-state index in [9.17, 15) is 0 Å². The van der Waals surface area contributed by atoms with Gasteiger partial charge in [-0.3, -0.25) is 0 Å². The van der Waals surface area contributed by atoms with E-state index in [4.69, 9.17) is 14.2 Å². The summed E-state index contributed by atoms with van der Waals surface area (Å²) < 4.78 is 17.8. The van der Waals surface area contributed by atoms with Gasteiger partial charge in [-0.2, -0.15) is 0 Å². The van der Waals surface area contributed by atoms with Crippen molar-refractivity contribution in [2.45, 2.75) is 6.54 Å². The Morgan fingerprint density at radius 1 is 1.19 bits per heavy atom. The number of hydrogen-bond acceptors (Lipinski definition) is 4. The molecule has 21 heavy (non-hydrogen) atoms. The summed E-state index contributed by atoms with van der Waals surface area (Å²) in [5.41, 5.74) is 2.19. The Kier molecular flexibility index (Phi) is 4.38. The molecule has 2 aromatic rings. The van der Waals surface area contributed by atoms with E-state index in [1.807, 2.05) is 18.2 Å². The van der Waals surface area contributed by atoms with Crippen molar-refractivity contribution in [1.29, 1.82) is 0 Å². The molecule has 1 N–H and O–H groups in total. The molecule has 1 aliphatic heterocycles. The lowest BCUT2D eigenvalue weighted by molar-refractivity contribution is 0.165. The Morgan fingerprint density at radius 3 is 2.86 bits per heavy atom. The summed E-state index contributed by atoms with van der Waals surface area (Å²) in [6, 6.07) is 12.2. The quantitative estimate of drug-likeness (QED) is 0.800. The van der Waals surface area contributed by atoms with Gasteiger partial charge >= 0.3 is 0 Å². The van der Waals surface area contributed by atoms with Crippen LogP contribution in [-0.4, -0.2) is 20.3 Å². The molecule has 0 saturated carbocycles. The summed E-state index contributed by atoms with van der Waals surface area (Å²) in [6.07, 6.45) is 0. The van der Waals surface area contributed by atoms with E-state index in [2.05, 4.69) is 46.1 Å². The Morgan fingerprint density at radius 2 is 2.05 bits per heavy atom. The lowest BCUT2D eigenvalue weighted by Gasteiger charge is -2.21. The molecule has 1 heterocycles. The van der Waals surface area contributed by atoms with Crippen LogP contribution in [0.5, 0.6) is 17.2 Å². The van der Waals surface area contributed by atoms with Crippen molar-refractivity contribution in [2.75, 3.05) is 25.6 Å². The normalized spacial score (nSPS) is 12.9. The van der Waals surface area contributed by atoms with Crippen LogP contribution in [0.2, 0.25) is 0 Å². The van der Waals surface area contributed by atoms with Gasteiger partial charge in [0.15, 0.2) is 11.5 Å². The number of rotatable bonds is 4. The van der Waals surface area contributed by atoms with Crippen molar-refractivity contribution in [1.82, 2.24) is 0 Å². The lowest BCUT2D eigenvalue weighted by atomic mass is 10.1. The molecule has 1 aliphatic rings. The van der Waals surface area contributed by atoms with Crippen LogP contribution < -0.4 is 19.5 Å². The molecule has 3 rings (SSSR count). The van der Waals surface area contributed by atoms with Crippen LogP contribution in [0.4, 0.5) is 5.69 Å². The number of halogens is 1. The first-order valence-electron chi connectivity index (χ1n) is 6.72. The zero-order valence-electron chi connectivity index (χ0n) is 11.7. The summed E-state index contributed by atoms with van der Waals surface area (Å²) >= 11 is 2.30. The second-order valence-corrected chi connectivity index (χ2v) is 5.93. The van der Waals surface area contributed by atoms with Gasteiger partial charge in [-0.15, -0.1) is 0 Å². The first-order valence-corrected chi connectivity index (χ1v) is 7.80. The van der Waals surface area contributed by atoms with Crippen molar-refractivity contribution in [2.24, 2.45) is 0 Å². The van der Waals surface area contributed by atoms with Crippen molar-refractivity contribution < 1.29 is 14.2 Å². The number of methoxy groups -OCH3 is 1. The first kappa shape index (κ1) is 14.3. The predicted octanol–water partition coefficient (Wildman–Crippen LogP) is 3.68. The summed E-state index contributed by atoms with van der Waals surface area (Å²) in [4.78, 5) is 0. The van der Waals surface area contributed by atoms with E-state index in [0.717, 1.165) is 17.0 Å². The molecule has 5 heteroatoms. The number of hydrogen-bond donors (Lipinski definition) is 1. The molecule has 0 bridgehead atoms. The largest absolute Gasteiger partial charge is 0.493 e. The molecular weight excluding hydrogens is 381 g/mol. The van der Waals surface area contributed by atoms with Crippen molar-refractivity contribution in [3.8, 4) is 17.2 Å². The molecule has 110 valence electrons. The van der Waals surface area contributed by atoms with Gasteiger partial charge in [0.25, 0.3) is 0 Å². The maximum Gasteiger partial charge on any atom is 0.203 e. The van der Waals surface area contributed by atoms with E-state index >= 15 is 0 Å². The highest BCUT2D eigenvalue weighted by Gasteiger charge is 2.18. The fourth-order valence-corrected chi connectivity index (χ4v) is 2.78. The average molecular weight is 397 g/mol. The predicted molar refractivity (Wildman–Crippen MR) is 90.5 cm³/mol. The second kappa shape index (κ2) is 6.43. The third-order valence-electron chi connectivity index (χ3n) is 3.21. The molecule has 0 aliphatic carbocycles. The molecule has 0 aromatic heterocycles. The van der Waals surface area contributed by atoms with Gasteiger partial charge < -0.3 is 19.5 Å². The molecule has 0 amide bonds. The number of ether oxygens (including phenoxy) is 3. The van der Waals surface area contributed by atoms with Crippen LogP contribution >= 0.6 is 22.6 Å². The van der Waals surface area contributed by atoms with Gasteiger partial charge in [-0.25, -0.2) is 0 Å². The Bertz CT molecular complexity index is 628. The van der Waals surface area contributed by atoms with Crippen LogP contribution in [-0.2, 0) is 6.54 Å². The maximum atomic E-state index is 5.64. The fourth-order valence-electron chi connectivity index (χ4n) is 2.23. The highest BCUT2D eigenvalue weighted by atomic mass is 127. The standard InChI is InChI=1S/C16H16INO3/c1-19-14-7-11(8-15-16(14)21-6-5-20-15)10-18-13-4-2-3-12(17)9-13/h2-4,7-9,18H,5-6,10H2,1H3. The van der Waals surface area contributed by atoms with E-state index in [1.54, 1.807) is 7.11 Å². The Labute approximate surface area is 137 Å². The molecule has 0 spiro atoms. The molecule has 0 radical (unpaired) electrons. The second-order valence-electron chi connectivity index (χ2n) is 4.69.